The molecular weight excluding hydrogens is 262 g/mol. The first-order valence-electron chi connectivity index (χ1n) is 8.14. The molecule has 3 N–H and O–H groups in total. The standard InChI is InChI=1S/C17H25N3O/c18-14-8-6-13(7-9-14)12-20(16-10-11-16)17(21)19-15-4-2-1-3-5-15/h6-9,15-16H,1-5,10-12,18H2,(H,19,21). The Balaban J connectivity index is 1.60. The number of hydrogen-bond donors (Lipinski definition) is 2. The average molecular weight is 287 g/mol. The summed E-state index contributed by atoms with van der Waals surface area (Å²) in [6.45, 7) is 0.684. The second-order valence-corrected chi connectivity index (χ2v) is 6.39. The number of amides is 2. The molecule has 4 nitrogen and oxygen atoms in total. The molecule has 1 aromatic rings. The summed E-state index contributed by atoms with van der Waals surface area (Å²) in [5, 5.41) is 3.23. The first-order valence-corrected chi connectivity index (χ1v) is 8.14. The number of rotatable bonds is 4. The maximum atomic E-state index is 12.6. The molecule has 21 heavy (non-hydrogen) atoms. The fourth-order valence-corrected chi connectivity index (χ4v) is 3.08. The summed E-state index contributed by atoms with van der Waals surface area (Å²) in [5.41, 5.74) is 7.64. The zero-order valence-electron chi connectivity index (χ0n) is 12.6. The van der Waals surface area contributed by atoms with Gasteiger partial charge < -0.3 is 16.0 Å². The Morgan fingerprint density at radius 1 is 1.10 bits per heavy atom. The van der Waals surface area contributed by atoms with Crippen molar-refractivity contribution in [3.63, 3.8) is 0 Å². The molecule has 0 spiro atoms. The molecule has 1 aromatic carbocycles. The van der Waals surface area contributed by atoms with Gasteiger partial charge in [-0.25, -0.2) is 4.79 Å². The van der Waals surface area contributed by atoms with Crippen molar-refractivity contribution in [2.24, 2.45) is 0 Å². The fraction of sp³-hybridized carbons (Fsp3) is 0.588. The highest BCUT2D eigenvalue weighted by Crippen LogP contribution is 2.29. The van der Waals surface area contributed by atoms with Crippen molar-refractivity contribution in [1.29, 1.82) is 0 Å². The van der Waals surface area contributed by atoms with Gasteiger partial charge in [-0.2, -0.15) is 0 Å². The molecule has 4 heteroatoms. The van der Waals surface area contributed by atoms with Crippen molar-refractivity contribution in [2.75, 3.05) is 5.73 Å². The van der Waals surface area contributed by atoms with E-state index < -0.39 is 0 Å². The van der Waals surface area contributed by atoms with Crippen LogP contribution in [-0.2, 0) is 6.54 Å². The van der Waals surface area contributed by atoms with Crippen LogP contribution in [0.5, 0.6) is 0 Å². The SMILES string of the molecule is Nc1ccc(CN(C(=O)NC2CCCCC2)C2CC2)cc1. The number of nitrogens with zero attached hydrogens (tertiary/aromatic N) is 1. The summed E-state index contributed by atoms with van der Waals surface area (Å²) < 4.78 is 0. The molecule has 2 amide bonds. The van der Waals surface area contributed by atoms with Crippen molar-refractivity contribution >= 4 is 11.7 Å². The van der Waals surface area contributed by atoms with Crippen LogP contribution in [0.3, 0.4) is 0 Å². The van der Waals surface area contributed by atoms with Crippen LogP contribution in [-0.4, -0.2) is 23.0 Å². The summed E-state index contributed by atoms with van der Waals surface area (Å²) in [4.78, 5) is 14.6. The number of hydrogen-bond acceptors (Lipinski definition) is 2. The lowest BCUT2D eigenvalue weighted by Crippen LogP contribution is -2.46. The topological polar surface area (TPSA) is 58.4 Å². The number of nitrogens with one attached hydrogen (secondary N) is 1. The van der Waals surface area contributed by atoms with E-state index in [1.807, 2.05) is 29.2 Å². The largest absolute Gasteiger partial charge is 0.399 e. The van der Waals surface area contributed by atoms with Gasteiger partial charge in [-0.05, 0) is 43.4 Å². The van der Waals surface area contributed by atoms with E-state index in [1.165, 1.54) is 19.3 Å². The Hall–Kier alpha value is -1.71. The smallest absolute Gasteiger partial charge is 0.318 e. The molecule has 2 fully saturated rings. The van der Waals surface area contributed by atoms with Gasteiger partial charge in [0.2, 0.25) is 0 Å². The summed E-state index contributed by atoms with van der Waals surface area (Å²) >= 11 is 0. The quantitative estimate of drug-likeness (QED) is 0.835. The van der Waals surface area contributed by atoms with E-state index in [1.54, 1.807) is 0 Å². The van der Waals surface area contributed by atoms with Gasteiger partial charge in [-0.3, -0.25) is 0 Å². The third-order valence-electron chi connectivity index (χ3n) is 4.51. The summed E-state index contributed by atoms with van der Waals surface area (Å²) in [6.07, 6.45) is 8.32. The minimum Gasteiger partial charge on any atom is -0.399 e. The third-order valence-corrected chi connectivity index (χ3v) is 4.51. The number of urea groups is 1. The molecule has 0 bridgehead atoms. The maximum absolute atomic E-state index is 12.6. The van der Waals surface area contributed by atoms with E-state index in [4.69, 9.17) is 5.73 Å². The molecule has 0 aromatic heterocycles. The molecule has 2 aliphatic carbocycles. The molecule has 0 atom stereocenters. The Kier molecular flexibility index (Phi) is 4.32. The molecular formula is C17H25N3O. The highest BCUT2D eigenvalue weighted by molar-refractivity contribution is 5.75. The lowest BCUT2D eigenvalue weighted by atomic mass is 9.96. The van der Waals surface area contributed by atoms with E-state index in [0.717, 1.165) is 36.9 Å². The van der Waals surface area contributed by atoms with E-state index in [0.29, 0.717) is 18.6 Å². The lowest BCUT2D eigenvalue weighted by molar-refractivity contribution is 0.184. The van der Waals surface area contributed by atoms with Crippen molar-refractivity contribution in [3.05, 3.63) is 29.8 Å². The van der Waals surface area contributed by atoms with Gasteiger partial charge in [-0.1, -0.05) is 31.4 Å². The molecule has 2 saturated carbocycles. The molecule has 0 heterocycles. The summed E-state index contributed by atoms with van der Waals surface area (Å²) in [7, 11) is 0. The molecule has 3 rings (SSSR count). The average Bonchev–Trinajstić information content (AvgIpc) is 3.32. The number of benzene rings is 1. The minimum absolute atomic E-state index is 0.112. The van der Waals surface area contributed by atoms with Gasteiger partial charge in [-0.15, -0.1) is 0 Å². The zero-order chi connectivity index (χ0) is 14.7. The van der Waals surface area contributed by atoms with Crippen molar-refractivity contribution in [2.45, 2.75) is 63.6 Å². The van der Waals surface area contributed by atoms with Crippen LogP contribution in [0.15, 0.2) is 24.3 Å². The predicted molar refractivity (Wildman–Crippen MR) is 84.8 cm³/mol. The van der Waals surface area contributed by atoms with Crippen LogP contribution >= 0.6 is 0 Å². The van der Waals surface area contributed by atoms with Crippen LogP contribution in [0.4, 0.5) is 10.5 Å². The predicted octanol–water partition coefficient (Wildman–Crippen LogP) is 3.28. The minimum atomic E-state index is 0.112. The van der Waals surface area contributed by atoms with E-state index in [9.17, 15) is 4.79 Å². The highest BCUT2D eigenvalue weighted by Gasteiger charge is 2.33. The Bertz CT molecular complexity index is 475. The number of carbonyl (C=O) groups is 1. The summed E-state index contributed by atoms with van der Waals surface area (Å²) in [6, 6.07) is 8.74. The van der Waals surface area contributed by atoms with Crippen molar-refractivity contribution < 1.29 is 4.79 Å². The Labute approximate surface area is 126 Å². The van der Waals surface area contributed by atoms with Crippen LogP contribution in [0.25, 0.3) is 0 Å². The van der Waals surface area contributed by atoms with Crippen LogP contribution in [0.2, 0.25) is 0 Å². The Morgan fingerprint density at radius 2 is 1.76 bits per heavy atom. The highest BCUT2D eigenvalue weighted by atomic mass is 16.2. The number of nitrogens with two attached hydrogens (primary N) is 1. The van der Waals surface area contributed by atoms with Crippen molar-refractivity contribution in [1.82, 2.24) is 10.2 Å². The maximum Gasteiger partial charge on any atom is 0.318 e. The van der Waals surface area contributed by atoms with E-state index in [2.05, 4.69) is 5.32 Å². The Morgan fingerprint density at radius 3 is 2.38 bits per heavy atom. The summed E-state index contributed by atoms with van der Waals surface area (Å²) in [5.74, 6) is 0. The van der Waals surface area contributed by atoms with E-state index in [-0.39, 0.29) is 6.03 Å². The number of carbonyl (C=O) groups excluding carboxylic acids is 1. The normalized spacial score (nSPS) is 19.2. The van der Waals surface area contributed by atoms with Crippen molar-refractivity contribution in [3.8, 4) is 0 Å². The molecule has 0 unspecified atom stereocenters. The molecule has 0 saturated heterocycles. The second kappa shape index (κ2) is 6.37. The van der Waals surface area contributed by atoms with Gasteiger partial charge in [0, 0.05) is 24.3 Å². The van der Waals surface area contributed by atoms with E-state index >= 15 is 0 Å². The molecule has 114 valence electrons. The third kappa shape index (κ3) is 3.90. The molecule has 0 aliphatic heterocycles. The monoisotopic (exact) mass is 287 g/mol. The molecule has 0 radical (unpaired) electrons. The van der Waals surface area contributed by atoms with Crippen LogP contribution in [0.1, 0.15) is 50.5 Å². The number of nitrogen functional groups attached to an aromatic ring is 1. The molecule has 2 aliphatic rings. The number of anilines is 1. The fourth-order valence-electron chi connectivity index (χ4n) is 3.08. The lowest BCUT2D eigenvalue weighted by Gasteiger charge is -2.28. The van der Waals surface area contributed by atoms with Crippen LogP contribution in [0, 0.1) is 0 Å². The first kappa shape index (κ1) is 14.2. The van der Waals surface area contributed by atoms with Gasteiger partial charge in [0.25, 0.3) is 0 Å². The van der Waals surface area contributed by atoms with Gasteiger partial charge >= 0.3 is 6.03 Å². The first-order chi connectivity index (χ1) is 10.2. The zero-order valence-corrected chi connectivity index (χ0v) is 12.6. The second-order valence-electron chi connectivity index (χ2n) is 6.39. The van der Waals surface area contributed by atoms with Crippen LogP contribution < -0.4 is 11.1 Å². The van der Waals surface area contributed by atoms with Gasteiger partial charge in [0.15, 0.2) is 0 Å². The van der Waals surface area contributed by atoms with Gasteiger partial charge in [0.1, 0.15) is 0 Å². The van der Waals surface area contributed by atoms with Gasteiger partial charge in [0.05, 0.1) is 0 Å².